The number of halogens is 1. The van der Waals surface area contributed by atoms with E-state index in [1.54, 1.807) is 13.1 Å². The van der Waals surface area contributed by atoms with Crippen LogP contribution in [-0.2, 0) is 6.42 Å². The van der Waals surface area contributed by atoms with E-state index < -0.39 is 6.17 Å². The quantitative estimate of drug-likeness (QED) is 0.243. The number of rotatable bonds is 7. The monoisotopic (exact) mass is 383 g/mol. The van der Waals surface area contributed by atoms with Gasteiger partial charge in [-0.2, -0.15) is 0 Å². The first-order chi connectivity index (χ1) is 14.2. The van der Waals surface area contributed by atoms with Crippen LogP contribution in [-0.4, -0.2) is 11.2 Å². The number of hydrogen-bond donors (Lipinski definition) is 0. The van der Waals surface area contributed by atoms with Crippen LogP contribution in [0, 0.1) is 11.8 Å². The molecule has 1 unspecified atom stereocenters. The summed E-state index contributed by atoms with van der Waals surface area (Å²) in [5.41, 5.74) is 6.43. The van der Waals surface area contributed by atoms with Crippen LogP contribution in [0.2, 0.25) is 0 Å². The van der Waals surface area contributed by atoms with Crippen molar-refractivity contribution >= 4 is 0 Å². The van der Waals surface area contributed by atoms with Gasteiger partial charge in [0.05, 0.1) is 11.9 Å². The second kappa shape index (κ2) is 10.4. The molecule has 1 aromatic heterocycles. The molecular formula is C27H26FN. The van der Waals surface area contributed by atoms with E-state index in [-0.39, 0.29) is 0 Å². The highest BCUT2D eigenvalue weighted by Gasteiger charge is 2.08. The molecule has 0 N–H and O–H groups in total. The van der Waals surface area contributed by atoms with Gasteiger partial charge in [0.1, 0.15) is 0 Å². The fourth-order valence-corrected chi connectivity index (χ4v) is 3.20. The number of aromatic nitrogens is 1. The van der Waals surface area contributed by atoms with Gasteiger partial charge in [-0.05, 0) is 67.1 Å². The van der Waals surface area contributed by atoms with E-state index in [0.29, 0.717) is 12.8 Å². The van der Waals surface area contributed by atoms with E-state index in [9.17, 15) is 4.39 Å². The molecule has 29 heavy (non-hydrogen) atoms. The highest BCUT2D eigenvalue weighted by Crippen LogP contribution is 2.29. The van der Waals surface area contributed by atoms with Gasteiger partial charge < -0.3 is 0 Å². The van der Waals surface area contributed by atoms with Gasteiger partial charge in [0.15, 0.2) is 0 Å². The first kappa shape index (κ1) is 20.6. The predicted octanol–water partition coefficient (Wildman–Crippen LogP) is 7.02. The smallest absolute Gasteiger partial charge is 0.0973 e. The third-order valence-electron chi connectivity index (χ3n) is 4.75. The van der Waals surface area contributed by atoms with E-state index >= 15 is 0 Å². The average Bonchev–Trinajstić information content (AvgIpc) is 2.75. The number of unbranched alkanes of at least 4 members (excludes halogenated alkanes) is 1. The largest absolute Gasteiger partial charge is 0.256 e. The second-order valence-corrected chi connectivity index (χ2v) is 7.14. The number of nitrogens with zero attached hydrogens (tertiary/aromatic N) is 1. The minimum absolute atomic E-state index is 0.560. The Morgan fingerprint density at radius 2 is 1.86 bits per heavy atom. The summed E-state index contributed by atoms with van der Waals surface area (Å²) >= 11 is 0. The first-order valence-electron chi connectivity index (χ1n) is 10.1. The topological polar surface area (TPSA) is 12.9 Å². The van der Waals surface area contributed by atoms with Gasteiger partial charge in [0.2, 0.25) is 0 Å². The van der Waals surface area contributed by atoms with Crippen molar-refractivity contribution in [1.29, 1.82) is 0 Å². The van der Waals surface area contributed by atoms with Crippen LogP contribution >= 0.6 is 0 Å². The maximum absolute atomic E-state index is 13.0. The maximum Gasteiger partial charge on any atom is 0.0973 e. The molecule has 0 aliphatic carbocycles. The average molecular weight is 384 g/mol. The Morgan fingerprint density at radius 3 is 2.55 bits per heavy atom. The summed E-state index contributed by atoms with van der Waals surface area (Å²) in [4.78, 5) is 4.47. The summed E-state index contributed by atoms with van der Waals surface area (Å²) in [6, 6.07) is 20.7. The molecule has 0 saturated heterocycles. The van der Waals surface area contributed by atoms with Crippen LogP contribution in [0.5, 0.6) is 0 Å². The van der Waals surface area contributed by atoms with Crippen LogP contribution in [0.4, 0.5) is 4.39 Å². The Labute approximate surface area is 173 Å². The molecule has 2 heteroatoms. The molecule has 0 saturated carbocycles. The standard InChI is InChI=1S/C27H26FN/c1-3-9-22-13-15-24(16-14-22)26-20-25(27-12-7-8-19-29-27)18-17-23(26)11-6-4-5-10-21(2)28/h3,7-8,12-21H,1,4-5,9-10H2,2H3. The van der Waals surface area contributed by atoms with Crippen LogP contribution in [0.3, 0.4) is 0 Å². The van der Waals surface area contributed by atoms with Crippen molar-refractivity contribution in [2.45, 2.75) is 38.8 Å². The Balaban J connectivity index is 1.94. The van der Waals surface area contributed by atoms with Crippen molar-refractivity contribution in [1.82, 2.24) is 4.98 Å². The molecule has 1 nitrogen and oxygen atoms in total. The normalized spacial score (nSPS) is 11.4. The van der Waals surface area contributed by atoms with Gasteiger partial charge in [0, 0.05) is 23.7 Å². The Morgan fingerprint density at radius 1 is 1.07 bits per heavy atom. The maximum atomic E-state index is 13.0. The fourth-order valence-electron chi connectivity index (χ4n) is 3.20. The molecule has 0 radical (unpaired) electrons. The molecule has 1 atom stereocenters. The van der Waals surface area contributed by atoms with Crippen molar-refractivity contribution in [2.75, 3.05) is 0 Å². The molecule has 146 valence electrons. The molecule has 0 amide bonds. The minimum Gasteiger partial charge on any atom is -0.256 e. The van der Waals surface area contributed by atoms with Crippen molar-refractivity contribution in [3.63, 3.8) is 0 Å². The molecule has 0 fully saturated rings. The number of hydrogen-bond acceptors (Lipinski definition) is 1. The van der Waals surface area contributed by atoms with Crippen molar-refractivity contribution in [3.8, 4) is 34.2 Å². The summed E-state index contributed by atoms with van der Waals surface area (Å²) in [7, 11) is 0. The highest BCUT2D eigenvalue weighted by molar-refractivity contribution is 5.77. The summed E-state index contributed by atoms with van der Waals surface area (Å²) in [6.45, 7) is 5.40. The van der Waals surface area contributed by atoms with E-state index in [4.69, 9.17) is 0 Å². The summed E-state index contributed by atoms with van der Waals surface area (Å²) in [6.07, 6.45) is 5.85. The zero-order valence-corrected chi connectivity index (χ0v) is 16.9. The molecule has 0 aliphatic heterocycles. The van der Waals surface area contributed by atoms with Gasteiger partial charge in [0.25, 0.3) is 0 Å². The Hall–Kier alpha value is -3.18. The lowest BCUT2D eigenvalue weighted by Crippen LogP contribution is -1.91. The minimum atomic E-state index is -0.765. The number of allylic oxidation sites excluding steroid dienone is 1. The summed E-state index contributed by atoms with van der Waals surface area (Å²) in [5, 5.41) is 0. The van der Waals surface area contributed by atoms with Crippen LogP contribution in [0.15, 0.2) is 79.5 Å². The molecule has 1 heterocycles. The van der Waals surface area contributed by atoms with Crippen molar-refractivity contribution in [3.05, 3.63) is 90.6 Å². The molecule has 3 rings (SSSR count). The highest BCUT2D eigenvalue weighted by atomic mass is 19.1. The van der Waals surface area contributed by atoms with E-state index in [0.717, 1.165) is 40.8 Å². The first-order valence-corrected chi connectivity index (χ1v) is 10.1. The number of alkyl halides is 1. The van der Waals surface area contributed by atoms with Gasteiger partial charge in [-0.3, -0.25) is 4.98 Å². The molecule has 3 aromatic rings. The van der Waals surface area contributed by atoms with E-state index in [2.05, 4.69) is 65.9 Å². The van der Waals surface area contributed by atoms with Crippen LogP contribution < -0.4 is 0 Å². The van der Waals surface area contributed by atoms with Gasteiger partial charge in [-0.25, -0.2) is 4.39 Å². The third-order valence-corrected chi connectivity index (χ3v) is 4.75. The molecule has 0 bridgehead atoms. The SMILES string of the molecule is C=CCc1ccc(-c2cc(-c3ccccn3)ccc2C#CCCCC(C)F)cc1. The fraction of sp³-hybridized carbons (Fsp3) is 0.222. The molecule has 0 spiro atoms. The second-order valence-electron chi connectivity index (χ2n) is 7.14. The molecule has 2 aromatic carbocycles. The Bertz CT molecular complexity index is 992. The van der Waals surface area contributed by atoms with Crippen LogP contribution in [0.1, 0.15) is 37.3 Å². The van der Waals surface area contributed by atoms with E-state index in [1.165, 1.54) is 5.56 Å². The van der Waals surface area contributed by atoms with Crippen molar-refractivity contribution in [2.24, 2.45) is 0 Å². The van der Waals surface area contributed by atoms with E-state index in [1.807, 2.05) is 24.3 Å². The zero-order chi connectivity index (χ0) is 20.5. The van der Waals surface area contributed by atoms with Gasteiger partial charge in [-0.1, -0.05) is 54.3 Å². The summed E-state index contributed by atoms with van der Waals surface area (Å²) in [5.74, 6) is 6.51. The predicted molar refractivity (Wildman–Crippen MR) is 120 cm³/mol. The Kier molecular flexibility index (Phi) is 7.36. The van der Waals surface area contributed by atoms with Gasteiger partial charge >= 0.3 is 0 Å². The molecular weight excluding hydrogens is 357 g/mol. The molecule has 0 aliphatic rings. The lowest BCUT2D eigenvalue weighted by Gasteiger charge is -2.09. The summed E-state index contributed by atoms with van der Waals surface area (Å²) < 4.78 is 13.0. The lowest BCUT2D eigenvalue weighted by molar-refractivity contribution is 0.336. The lowest BCUT2D eigenvalue weighted by atomic mass is 9.95. The van der Waals surface area contributed by atoms with Gasteiger partial charge in [-0.15, -0.1) is 6.58 Å². The zero-order valence-electron chi connectivity index (χ0n) is 16.9. The number of pyridine rings is 1. The van der Waals surface area contributed by atoms with Crippen LogP contribution in [0.25, 0.3) is 22.4 Å². The number of benzene rings is 2. The van der Waals surface area contributed by atoms with Crippen molar-refractivity contribution < 1.29 is 4.39 Å². The third kappa shape index (κ3) is 5.90.